The zero-order chi connectivity index (χ0) is 25.6. The summed E-state index contributed by atoms with van der Waals surface area (Å²) in [5, 5.41) is 21.8. The standard InChI is InChI=1S/C27H21F2N3O5/c28-14-7-12-16(9-18(14)33)30-26-22(12)24-20(35)11-21(36)25(24)23-13-8-15(29)19(34)10-17(13)32(27(23)26)2-1-31-3-5-37-6-4-31/h7-10,30,33-34H,1-6,11H2. The predicted molar refractivity (Wildman–Crippen MR) is 133 cm³/mol. The number of phenolic OH excluding ortho intramolecular Hbond substituents is 2. The molecule has 3 N–H and O–H groups in total. The molecule has 188 valence electrons. The molecule has 1 aliphatic carbocycles. The highest BCUT2D eigenvalue weighted by Crippen LogP contribution is 2.46. The number of carbonyl (C=O) groups is 2. The summed E-state index contributed by atoms with van der Waals surface area (Å²) in [6.45, 7) is 3.80. The van der Waals surface area contributed by atoms with Crippen LogP contribution in [0.25, 0.3) is 43.6 Å². The first-order valence-electron chi connectivity index (χ1n) is 12.0. The van der Waals surface area contributed by atoms with Crippen molar-refractivity contribution in [1.29, 1.82) is 0 Å². The van der Waals surface area contributed by atoms with Crippen molar-refractivity contribution in [1.82, 2.24) is 14.5 Å². The number of H-pyrrole nitrogens is 1. The molecular formula is C27H21F2N3O5. The van der Waals surface area contributed by atoms with E-state index in [1.54, 1.807) is 0 Å². The molecule has 0 radical (unpaired) electrons. The van der Waals surface area contributed by atoms with Crippen molar-refractivity contribution >= 4 is 55.2 Å². The van der Waals surface area contributed by atoms with E-state index in [4.69, 9.17) is 4.74 Å². The van der Waals surface area contributed by atoms with Crippen LogP contribution in [0.5, 0.6) is 11.5 Å². The van der Waals surface area contributed by atoms with Crippen LogP contribution in [0.4, 0.5) is 8.78 Å². The zero-order valence-electron chi connectivity index (χ0n) is 19.5. The monoisotopic (exact) mass is 505 g/mol. The molecule has 0 atom stereocenters. The molecule has 1 aliphatic heterocycles. The van der Waals surface area contributed by atoms with E-state index in [0.29, 0.717) is 69.9 Å². The molecule has 5 aromatic rings. The minimum absolute atomic E-state index is 0.171. The fraction of sp³-hybridized carbons (Fsp3) is 0.259. The quantitative estimate of drug-likeness (QED) is 0.317. The van der Waals surface area contributed by atoms with Crippen molar-refractivity contribution in [3.05, 3.63) is 47.0 Å². The summed E-state index contributed by atoms with van der Waals surface area (Å²) >= 11 is 0. The molecule has 37 heavy (non-hydrogen) atoms. The number of halogens is 2. The van der Waals surface area contributed by atoms with E-state index >= 15 is 0 Å². The number of nitrogens with one attached hydrogen (secondary N) is 1. The SMILES string of the molecule is O=C1CC(=O)c2c1c1c3cc(F)c(O)cc3[nH]c1c1c2c2cc(F)c(O)cc2n1CCN1CCOCC1. The van der Waals surface area contributed by atoms with Crippen LogP contribution in [0.3, 0.4) is 0 Å². The maximum absolute atomic E-state index is 14.6. The Hall–Kier alpha value is -4.02. The molecule has 3 aromatic carbocycles. The number of carbonyl (C=O) groups excluding carboxylic acids is 2. The van der Waals surface area contributed by atoms with Gasteiger partial charge < -0.3 is 24.5 Å². The number of ether oxygens (including phenoxy) is 1. The van der Waals surface area contributed by atoms with E-state index < -0.39 is 28.9 Å². The highest BCUT2D eigenvalue weighted by Gasteiger charge is 2.36. The van der Waals surface area contributed by atoms with Crippen molar-refractivity contribution in [3.63, 3.8) is 0 Å². The Morgan fingerprint density at radius 1 is 0.865 bits per heavy atom. The first-order chi connectivity index (χ1) is 17.8. The summed E-state index contributed by atoms with van der Waals surface area (Å²) in [6.07, 6.45) is -0.336. The second-order valence-electron chi connectivity index (χ2n) is 9.65. The summed E-state index contributed by atoms with van der Waals surface area (Å²) in [5.74, 6) is -3.54. The zero-order valence-corrected chi connectivity index (χ0v) is 19.5. The van der Waals surface area contributed by atoms with Gasteiger partial charge in [-0.05, 0) is 12.1 Å². The number of fused-ring (bicyclic) bond motifs is 10. The van der Waals surface area contributed by atoms with Crippen molar-refractivity contribution in [2.24, 2.45) is 0 Å². The fourth-order valence-electron chi connectivity index (χ4n) is 5.94. The van der Waals surface area contributed by atoms with E-state index in [2.05, 4.69) is 9.88 Å². The summed E-state index contributed by atoms with van der Waals surface area (Å²) in [5.41, 5.74) is 2.30. The van der Waals surface area contributed by atoms with Crippen LogP contribution < -0.4 is 0 Å². The smallest absolute Gasteiger partial charge is 0.172 e. The van der Waals surface area contributed by atoms with Crippen LogP contribution in [0.15, 0.2) is 24.3 Å². The van der Waals surface area contributed by atoms with Crippen LogP contribution >= 0.6 is 0 Å². The number of phenols is 2. The highest BCUT2D eigenvalue weighted by molar-refractivity contribution is 6.40. The first-order valence-corrected chi connectivity index (χ1v) is 12.0. The second kappa shape index (κ2) is 7.74. The van der Waals surface area contributed by atoms with Gasteiger partial charge in [0.05, 0.1) is 41.7 Å². The normalized spacial score (nSPS) is 16.7. The van der Waals surface area contributed by atoms with Gasteiger partial charge in [-0.2, -0.15) is 0 Å². The average molecular weight is 505 g/mol. The number of benzene rings is 3. The van der Waals surface area contributed by atoms with E-state index in [0.717, 1.165) is 19.2 Å². The molecular weight excluding hydrogens is 484 g/mol. The summed E-state index contributed by atoms with van der Waals surface area (Å²) in [4.78, 5) is 31.8. The van der Waals surface area contributed by atoms with Gasteiger partial charge in [0, 0.05) is 71.0 Å². The van der Waals surface area contributed by atoms with Gasteiger partial charge in [-0.25, -0.2) is 8.78 Å². The third-order valence-electron chi connectivity index (χ3n) is 7.61. The number of Topliss-reactive ketones (excluding diaryl/α,β-unsaturated/α-hetero) is 2. The van der Waals surface area contributed by atoms with Gasteiger partial charge in [-0.3, -0.25) is 14.5 Å². The lowest BCUT2D eigenvalue weighted by atomic mass is 9.96. The topological polar surface area (TPSA) is 108 Å². The van der Waals surface area contributed by atoms with Crippen LogP contribution in [0.2, 0.25) is 0 Å². The first kappa shape index (κ1) is 22.2. The Labute approximate surface area is 207 Å². The molecule has 8 nitrogen and oxygen atoms in total. The molecule has 0 amide bonds. The lowest BCUT2D eigenvalue weighted by molar-refractivity contribution is 0.0366. The third-order valence-corrected chi connectivity index (χ3v) is 7.61. The molecule has 7 rings (SSSR count). The van der Waals surface area contributed by atoms with Crippen molar-refractivity contribution in [2.45, 2.75) is 13.0 Å². The van der Waals surface area contributed by atoms with E-state index in [1.165, 1.54) is 18.2 Å². The number of morpholine rings is 1. The van der Waals surface area contributed by atoms with Gasteiger partial charge in [-0.15, -0.1) is 0 Å². The Bertz CT molecular complexity index is 1830. The number of hydrogen-bond donors (Lipinski definition) is 3. The maximum Gasteiger partial charge on any atom is 0.172 e. The maximum atomic E-state index is 14.6. The summed E-state index contributed by atoms with van der Waals surface area (Å²) in [6, 6.07) is 4.92. The molecule has 0 saturated carbocycles. The molecule has 0 bridgehead atoms. The number of nitrogens with zero attached hydrogens (tertiary/aromatic N) is 2. The number of hydrogen-bond acceptors (Lipinski definition) is 6. The van der Waals surface area contributed by atoms with Crippen LogP contribution in [-0.4, -0.2) is 69.1 Å². The Morgan fingerprint density at radius 3 is 2.24 bits per heavy atom. The van der Waals surface area contributed by atoms with E-state index in [1.807, 2.05) is 4.57 Å². The van der Waals surface area contributed by atoms with E-state index in [-0.39, 0.29) is 23.3 Å². The Balaban J connectivity index is 1.64. The van der Waals surface area contributed by atoms with Crippen LogP contribution in [0.1, 0.15) is 27.1 Å². The van der Waals surface area contributed by atoms with Crippen LogP contribution in [-0.2, 0) is 11.3 Å². The van der Waals surface area contributed by atoms with E-state index in [9.17, 15) is 28.6 Å². The van der Waals surface area contributed by atoms with Crippen molar-refractivity contribution < 1.29 is 33.3 Å². The van der Waals surface area contributed by atoms with Gasteiger partial charge in [0.2, 0.25) is 0 Å². The van der Waals surface area contributed by atoms with Gasteiger partial charge in [0.1, 0.15) is 0 Å². The molecule has 2 aliphatic rings. The number of aromatic nitrogens is 2. The Morgan fingerprint density at radius 2 is 1.51 bits per heavy atom. The average Bonchev–Trinajstić information content (AvgIpc) is 3.48. The van der Waals surface area contributed by atoms with Crippen molar-refractivity contribution in [2.75, 3.05) is 32.8 Å². The molecule has 0 spiro atoms. The molecule has 1 saturated heterocycles. The lowest BCUT2D eigenvalue weighted by Gasteiger charge is -2.27. The van der Waals surface area contributed by atoms with Gasteiger partial charge in [-0.1, -0.05) is 0 Å². The lowest BCUT2D eigenvalue weighted by Crippen LogP contribution is -2.38. The molecule has 0 unspecified atom stereocenters. The minimum atomic E-state index is -0.848. The summed E-state index contributed by atoms with van der Waals surface area (Å²) in [7, 11) is 0. The molecule has 3 heterocycles. The minimum Gasteiger partial charge on any atom is -0.505 e. The number of aromatic amines is 1. The third kappa shape index (κ3) is 3.06. The fourth-order valence-corrected chi connectivity index (χ4v) is 5.94. The van der Waals surface area contributed by atoms with Crippen LogP contribution in [0, 0.1) is 11.6 Å². The van der Waals surface area contributed by atoms with Crippen molar-refractivity contribution in [3.8, 4) is 11.5 Å². The number of ketones is 2. The molecule has 1 fully saturated rings. The Kier molecular flexibility index (Phi) is 4.64. The number of rotatable bonds is 3. The highest BCUT2D eigenvalue weighted by atomic mass is 19.1. The summed E-state index contributed by atoms with van der Waals surface area (Å²) < 4.78 is 36.4. The van der Waals surface area contributed by atoms with Gasteiger partial charge in [0.25, 0.3) is 0 Å². The molecule has 10 heteroatoms. The predicted octanol–water partition coefficient (Wildman–Crippen LogP) is 4.22. The largest absolute Gasteiger partial charge is 0.505 e. The van der Waals surface area contributed by atoms with Gasteiger partial charge in [0.15, 0.2) is 34.7 Å². The molecule has 2 aromatic heterocycles. The van der Waals surface area contributed by atoms with Gasteiger partial charge >= 0.3 is 0 Å². The number of aromatic hydroxyl groups is 2. The second-order valence-corrected chi connectivity index (χ2v) is 9.65.